The molecule has 1 unspecified atom stereocenters. The summed E-state index contributed by atoms with van der Waals surface area (Å²) in [5, 5.41) is 3.45. The SMILES string of the molecule is COCc1cc2c(cc1C(N)=O)NC(CCC=O)c1cnc(-c3ccccc3)n1-2. The Morgan fingerprint density at radius 1 is 1.31 bits per heavy atom. The summed E-state index contributed by atoms with van der Waals surface area (Å²) >= 11 is 0. The Hall–Kier alpha value is -3.45. The van der Waals surface area contributed by atoms with Crippen molar-refractivity contribution in [3.63, 3.8) is 0 Å². The number of benzene rings is 2. The van der Waals surface area contributed by atoms with Crippen molar-refractivity contribution < 1.29 is 14.3 Å². The number of carbonyl (C=O) groups excluding carboxylic acids is 2. The molecule has 3 aromatic rings. The lowest BCUT2D eigenvalue weighted by molar-refractivity contribution is -0.108. The predicted molar refractivity (Wildman–Crippen MR) is 110 cm³/mol. The monoisotopic (exact) mass is 390 g/mol. The number of aldehydes is 1. The number of nitrogens with one attached hydrogen (secondary N) is 1. The van der Waals surface area contributed by atoms with Crippen LogP contribution >= 0.6 is 0 Å². The number of nitrogens with zero attached hydrogens (tertiary/aromatic N) is 2. The zero-order valence-corrected chi connectivity index (χ0v) is 16.1. The Kier molecular flexibility index (Phi) is 5.14. The molecule has 0 radical (unpaired) electrons. The molecule has 1 atom stereocenters. The third kappa shape index (κ3) is 3.40. The van der Waals surface area contributed by atoms with Gasteiger partial charge in [0.15, 0.2) is 0 Å². The van der Waals surface area contributed by atoms with E-state index in [1.807, 2.05) is 42.6 Å². The fourth-order valence-electron chi connectivity index (χ4n) is 3.81. The van der Waals surface area contributed by atoms with E-state index in [0.717, 1.165) is 34.7 Å². The van der Waals surface area contributed by atoms with Gasteiger partial charge in [0.2, 0.25) is 5.91 Å². The minimum Gasteiger partial charge on any atom is -0.380 e. The van der Waals surface area contributed by atoms with Crippen molar-refractivity contribution in [2.24, 2.45) is 5.73 Å². The molecular weight excluding hydrogens is 368 g/mol. The van der Waals surface area contributed by atoms with Crippen LogP contribution in [0.1, 0.15) is 40.5 Å². The van der Waals surface area contributed by atoms with Crippen molar-refractivity contribution in [1.82, 2.24) is 9.55 Å². The van der Waals surface area contributed by atoms with Crippen LogP contribution in [0.5, 0.6) is 0 Å². The zero-order chi connectivity index (χ0) is 20.4. The van der Waals surface area contributed by atoms with E-state index in [-0.39, 0.29) is 12.6 Å². The number of fused-ring (bicyclic) bond motifs is 3. The zero-order valence-electron chi connectivity index (χ0n) is 16.1. The molecule has 0 saturated heterocycles. The highest BCUT2D eigenvalue weighted by molar-refractivity contribution is 5.96. The average molecular weight is 390 g/mol. The van der Waals surface area contributed by atoms with E-state index >= 15 is 0 Å². The quantitative estimate of drug-likeness (QED) is 0.604. The average Bonchev–Trinajstić information content (AvgIpc) is 3.18. The highest BCUT2D eigenvalue weighted by Gasteiger charge is 2.29. The molecule has 7 heteroatoms. The standard InChI is InChI=1S/C22H22N4O3/c1-29-13-15-10-19-18(11-16(15)21(23)28)25-17(8-5-9-27)20-12-24-22(26(19)20)14-6-3-2-4-7-14/h2-4,6-7,9-12,17,25H,5,8,13H2,1H3,(H2,23,28). The molecule has 0 fully saturated rings. The molecule has 1 amide bonds. The maximum absolute atomic E-state index is 12.0. The highest BCUT2D eigenvalue weighted by atomic mass is 16.5. The first-order chi connectivity index (χ1) is 14.1. The van der Waals surface area contributed by atoms with Gasteiger partial charge in [-0.15, -0.1) is 0 Å². The highest BCUT2D eigenvalue weighted by Crippen LogP contribution is 2.40. The van der Waals surface area contributed by atoms with Crippen LogP contribution in [0.4, 0.5) is 5.69 Å². The maximum Gasteiger partial charge on any atom is 0.249 e. The molecule has 1 aliphatic heterocycles. The number of primary amides is 1. The number of carbonyl (C=O) groups is 2. The molecule has 0 saturated carbocycles. The molecule has 0 bridgehead atoms. The van der Waals surface area contributed by atoms with Crippen LogP contribution in [0.2, 0.25) is 0 Å². The number of rotatable bonds is 7. The van der Waals surface area contributed by atoms with Crippen molar-refractivity contribution >= 4 is 17.9 Å². The lowest BCUT2D eigenvalue weighted by Crippen LogP contribution is -2.24. The van der Waals surface area contributed by atoms with E-state index in [1.54, 1.807) is 13.2 Å². The number of imidazole rings is 1. The summed E-state index contributed by atoms with van der Waals surface area (Å²) in [6, 6.07) is 13.5. The summed E-state index contributed by atoms with van der Waals surface area (Å²) in [6.45, 7) is 0.269. The molecule has 0 spiro atoms. The van der Waals surface area contributed by atoms with Crippen LogP contribution in [0.3, 0.4) is 0 Å². The van der Waals surface area contributed by atoms with Crippen molar-refractivity contribution in [2.75, 3.05) is 12.4 Å². The van der Waals surface area contributed by atoms with Gasteiger partial charge in [-0.1, -0.05) is 30.3 Å². The Balaban J connectivity index is 1.93. The minimum atomic E-state index is -0.509. The topological polar surface area (TPSA) is 99.2 Å². The van der Waals surface area contributed by atoms with Crippen molar-refractivity contribution in [3.05, 3.63) is 65.5 Å². The van der Waals surface area contributed by atoms with Crippen LogP contribution in [0.25, 0.3) is 17.1 Å². The van der Waals surface area contributed by atoms with E-state index in [4.69, 9.17) is 10.5 Å². The van der Waals surface area contributed by atoms with E-state index in [1.165, 1.54) is 0 Å². The van der Waals surface area contributed by atoms with Gasteiger partial charge in [-0.05, 0) is 24.1 Å². The Morgan fingerprint density at radius 3 is 2.79 bits per heavy atom. The number of anilines is 1. The second-order valence-corrected chi connectivity index (χ2v) is 6.97. The predicted octanol–water partition coefficient (Wildman–Crippen LogP) is 3.23. The number of nitrogens with two attached hydrogens (primary N) is 1. The number of hydrogen-bond acceptors (Lipinski definition) is 5. The lowest BCUT2D eigenvalue weighted by Gasteiger charge is -2.30. The Labute approximate surface area is 168 Å². The van der Waals surface area contributed by atoms with E-state index < -0.39 is 5.91 Å². The summed E-state index contributed by atoms with van der Waals surface area (Å²) in [5.41, 5.74) is 10.3. The largest absolute Gasteiger partial charge is 0.380 e. The molecule has 3 N–H and O–H groups in total. The third-order valence-electron chi connectivity index (χ3n) is 5.11. The number of methoxy groups -OCH3 is 1. The molecular formula is C22H22N4O3. The summed E-state index contributed by atoms with van der Waals surface area (Å²) in [6.07, 6.45) is 3.79. The molecule has 29 heavy (non-hydrogen) atoms. The molecule has 7 nitrogen and oxygen atoms in total. The Morgan fingerprint density at radius 2 is 2.10 bits per heavy atom. The second kappa shape index (κ2) is 7.89. The minimum absolute atomic E-state index is 0.105. The van der Waals surface area contributed by atoms with Crippen LogP contribution < -0.4 is 11.1 Å². The normalized spacial score (nSPS) is 14.6. The van der Waals surface area contributed by atoms with E-state index in [2.05, 4.69) is 14.9 Å². The lowest BCUT2D eigenvalue weighted by atomic mass is 9.99. The summed E-state index contributed by atoms with van der Waals surface area (Å²) in [7, 11) is 1.58. The van der Waals surface area contributed by atoms with Gasteiger partial charge < -0.3 is 20.6 Å². The van der Waals surface area contributed by atoms with E-state index in [0.29, 0.717) is 24.0 Å². The molecule has 1 aromatic heterocycles. The van der Waals surface area contributed by atoms with Crippen molar-refractivity contribution in [3.8, 4) is 17.1 Å². The fraction of sp³-hybridized carbons (Fsp3) is 0.227. The molecule has 2 heterocycles. The first kappa shape index (κ1) is 18.9. The van der Waals surface area contributed by atoms with Gasteiger partial charge in [-0.25, -0.2) is 4.98 Å². The Bertz CT molecular complexity index is 1060. The summed E-state index contributed by atoms with van der Waals surface area (Å²) < 4.78 is 7.36. The van der Waals surface area contributed by atoms with Gasteiger partial charge in [-0.2, -0.15) is 0 Å². The van der Waals surface area contributed by atoms with Gasteiger partial charge in [0, 0.05) is 24.7 Å². The molecule has 1 aliphatic rings. The second-order valence-electron chi connectivity index (χ2n) is 6.97. The summed E-state index contributed by atoms with van der Waals surface area (Å²) in [5.74, 6) is 0.292. The van der Waals surface area contributed by atoms with Gasteiger partial charge in [0.1, 0.15) is 12.1 Å². The molecule has 2 aromatic carbocycles. The van der Waals surface area contributed by atoms with Gasteiger partial charge in [0.05, 0.1) is 35.9 Å². The third-order valence-corrected chi connectivity index (χ3v) is 5.11. The smallest absolute Gasteiger partial charge is 0.249 e. The fourth-order valence-corrected chi connectivity index (χ4v) is 3.81. The number of amides is 1. The van der Waals surface area contributed by atoms with Crippen molar-refractivity contribution in [1.29, 1.82) is 0 Å². The van der Waals surface area contributed by atoms with Crippen LogP contribution in [0.15, 0.2) is 48.7 Å². The number of hydrogen-bond donors (Lipinski definition) is 2. The maximum atomic E-state index is 12.0. The summed E-state index contributed by atoms with van der Waals surface area (Å²) in [4.78, 5) is 27.6. The van der Waals surface area contributed by atoms with Crippen molar-refractivity contribution in [2.45, 2.75) is 25.5 Å². The van der Waals surface area contributed by atoms with Crippen LogP contribution in [-0.4, -0.2) is 28.9 Å². The van der Waals surface area contributed by atoms with Crippen LogP contribution in [0, 0.1) is 0 Å². The molecule has 4 rings (SSSR count). The molecule has 0 aliphatic carbocycles. The number of aromatic nitrogens is 2. The van der Waals surface area contributed by atoms with Gasteiger partial charge in [0.25, 0.3) is 0 Å². The van der Waals surface area contributed by atoms with Gasteiger partial charge >= 0.3 is 0 Å². The van der Waals surface area contributed by atoms with E-state index in [9.17, 15) is 9.59 Å². The van der Waals surface area contributed by atoms with Gasteiger partial charge in [-0.3, -0.25) is 9.36 Å². The molecule has 148 valence electrons. The van der Waals surface area contributed by atoms with Crippen LogP contribution in [-0.2, 0) is 16.1 Å². The first-order valence-electron chi connectivity index (χ1n) is 9.43. The first-order valence-corrected chi connectivity index (χ1v) is 9.43. The number of ether oxygens (including phenoxy) is 1.